The smallest absolute Gasteiger partial charge is 0.243 e. The van der Waals surface area contributed by atoms with E-state index in [-0.39, 0.29) is 5.91 Å². The molecule has 1 aliphatic rings. The van der Waals surface area contributed by atoms with Crippen LogP contribution >= 0.6 is 11.8 Å². The van der Waals surface area contributed by atoms with Crippen molar-refractivity contribution in [2.45, 2.75) is 32.9 Å². The van der Waals surface area contributed by atoms with E-state index >= 15 is 0 Å². The highest BCUT2D eigenvalue weighted by Gasteiger charge is 2.45. The van der Waals surface area contributed by atoms with Gasteiger partial charge in [0.25, 0.3) is 0 Å². The molecule has 1 heterocycles. The number of hydrogen-bond donors (Lipinski definition) is 2. The van der Waals surface area contributed by atoms with Crippen LogP contribution in [0.5, 0.6) is 5.75 Å². The molecule has 0 saturated heterocycles. The van der Waals surface area contributed by atoms with Crippen LogP contribution in [0.4, 0.5) is 5.69 Å². The molecule has 1 aliphatic heterocycles. The molecule has 0 saturated carbocycles. The molecular formula is C20H22N4O3S. The predicted molar refractivity (Wildman–Crippen MR) is 107 cm³/mol. The molecule has 28 heavy (non-hydrogen) atoms. The number of ether oxygens (including phenoxy) is 1. The van der Waals surface area contributed by atoms with Crippen LogP contribution in [-0.2, 0) is 9.59 Å². The Hall–Kier alpha value is -2.97. The van der Waals surface area contributed by atoms with Gasteiger partial charge in [-0.2, -0.15) is 10.5 Å². The van der Waals surface area contributed by atoms with Crippen LogP contribution in [0.3, 0.4) is 0 Å². The Bertz CT molecular complexity index is 878. The fraction of sp³-hybridized carbons (Fsp3) is 0.400. The number of nitrogens with one attached hydrogen (secondary N) is 2. The van der Waals surface area contributed by atoms with Gasteiger partial charge in [-0.25, -0.2) is 0 Å². The average Bonchev–Trinajstić information content (AvgIpc) is 2.63. The molecule has 7 nitrogen and oxygen atoms in total. The topological polar surface area (TPSA) is 115 Å². The number of allylic oxidation sites excluding steroid dienone is 1. The first kappa shape index (κ1) is 21.3. The Balaban J connectivity index is 2.14. The summed E-state index contributed by atoms with van der Waals surface area (Å²) in [6, 6.07) is 11.0. The van der Waals surface area contributed by atoms with Crippen LogP contribution in [0.1, 0.15) is 27.7 Å². The van der Waals surface area contributed by atoms with E-state index in [9.17, 15) is 20.1 Å². The molecule has 0 spiro atoms. The zero-order valence-electron chi connectivity index (χ0n) is 16.2. The molecule has 0 bridgehead atoms. The van der Waals surface area contributed by atoms with Crippen molar-refractivity contribution in [1.29, 1.82) is 10.5 Å². The average molecular weight is 398 g/mol. The minimum atomic E-state index is -0.959. The Labute approximate surface area is 168 Å². The van der Waals surface area contributed by atoms with Crippen molar-refractivity contribution in [3.05, 3.63) is 34.9 Å². The molecule has 0 radical (unpaired) electrons. The fourth-order valence-electron chi connectivity index (χ4n) is 2.79. The van der Waals surface area contributed by atoms with Gasteiger partial charge < -0.3 is 15.4 Å². The van der Waals surface area contributed by atoms with Gasteiger partial charge in [-0.15, -0.1) is 0 Å². The van der Waals surface area contributed by atoms with Crippen LogP contribution in [-0.4, -0.2) is 23.7 Å². The summed E-state index contributed by atoms with van der Waals surface area (Å²) < 4.78 is 5.37. The Morgan fingerprint density at radius 3 is 2.54 bits per heavy atom. The summed E-state index contributed by atoms with van der Waals surface area (Å²) in [6.07, 6.45) is 0. The normalized spacial score (nSPS) is 19.1. The lowest BCUT2D eigenvalue weighted by molar-refractivity contribution is -0.125. The first-order valence-corrected chi connectivity index (χ1v) is 9.68. The van der Waals surface area contributed by atoms with Crippen molar-refractivity contribution in [1.82, 2.24) is 5.32 Å². The van der Waals surface area contributed by atoms with E-state index in [1.807, 2.05) is 13.0 Å². The van der Waals surface area contributed by atoms with Crippen LogP contribution in [0.15, 0.2) is 34.9 Å². The SMILES string of the molecule is CCOc1ccc(NC(=O)[C@@H](C)SC2=C(C#N)C(C)(C)[C@@H](C#N)C(=O)N2)cc1. The predicted octanol–water partition coefficient (Wildman–Crippen LogP) is 3.18. The number of nitrogens with zero attached hydrogens (tertiary/aromatic N) is 2. The van der Waals surface area contributed by atoms with Gasteiger partial charge in [0.15, 0.2) is 0 Å². The second-order valence-electron chi connectivity index (χ2n) is 6.80. The Kier molecular flexibility index (Phi) is 6.71. The standard InChI is InChI=1S/C20H22N4O3S/c1-5-27-14-8-6-13(7-9-14)23-17(25)12(2)28-19-16(11-22)20(3,4)15(10-21)18(26)24-19/h6-9,12,15H,5H2,1-4H3,(H,23,25)(H,24,26)/t12-,15+/m1/s1. The van der Waals surface area contributed by atoms with Gasteiger partial charge in [-0.1, -0.05) is 25.6 Å². The van der Waals surface area contributed by atoms with Gasteiger partial charge in [0, 0.05) is 11.1 Å². The number of amides is 2. The van der Waals surface area contributed by atoms with E-state index in [1.165, 1.54) is 0 Å². The van der Waals surface area contributed by atoms with Crippen molar-refractivity contribution in [3.8, 4) is 17.9 Å². The number of thioether (sulfide) groups is 1. The second kappa shape index (κ2) is 8.81. The fourth-order valence-corrected chi connectivity index (χ4v) is 3.90. The molecule has 146 valence electrons. The lowest BCUT2D eigenvalue weighted by Crippen LogP contribution is -2.45. The van der Waals surface area contributed by atoms with Crippen molar-refractivity contribution < 1.29 is 14.3 Å². The lowest BCUT2D eigenvalue weighted by Gasteiger charge is -2.35. The summed E-state index contributed by atoms with van der Waals surface area (Å²) in [6.45, 7) is 7.51. The van der Waals surface area contributed by atoms with Gasteiger partial charge in [-0.05, 0) is 38.1 Å². The summed E-state index contributed by atoms with van der Waals surface area (Å²) in [4.78, 5) is 24.8. The van der Waals surface area contributed by atoms with Gasteiger partial charge in [-0.3, -0.25) is 9.59 Å². The Morgan fingerprint density at radius 2 is 2.00 bits per heavy atom. The molecule has 8 heteroatoms. The van der Waals surface area contributed by atoms with Crippen molar-refractivity contribution in [2.24, 2.45) is 11.3 Å². The first-order chi connectivity index (χ1) is 13.2. The monoisotopic (exact) mass is 398 g/mol. The van der Waals surface area contributed by atoms with E-state index in [1.54, 1.807) is 45.0 Å². The zero-order chi connectivity index (χ0) is 20.9. The molecule has 1 aromatic rings. The maximum atomic E-state index is 12.5. The number of carbonyl (C=O) groups is 2. The van der Waals surface area contributed by atoms with E-state index in [0.717, 1.165) is 11.8 Å². The highest BCUT2D eigenvalue weighted by molar-refractivity contribution is 8.04. The summed E-state index contributed by atoms with van der Waals surface area (Å²) in [5.41, 5.74) is -0.0169. The molecule has 0 aliphatic carbocycles. The van der Waals surface area contributed by atoms with Crippen LogP contribution < -0.4 is 15.4 Å². The highest BCUT2D eigenvalue weighted by Crippen LogP contribution is 2.42. The van der Waals surface area contributed by atoms with E-state index < -0.39 is 22.5 Å². The van der Waals surface area contributed by atoms with E-state index in [4.69, 9.17) is 4.74 Å². The molecule has 2 N–H and O–H groups in total. The van der Waals surface area contributed by atoms with Gasteiger partial charge >= 0.3 is 0 Å². The van der Waals surface area contributed by atoms with E-state index in [0.29, 0.717) is 28.6 Å². The Morgan fingerprint density at radius 1 is 1.36 bits per heavy atom. The molecule has 1 aromatic carbocycles. The van der Waals surface area contributed by atoms with Crippen molar-refractivity contribution in [2.75, 3.05) is 11.9 Å². The molecule has 2 rings (SSSR count). The van der Waals surface area contributed by atoms with Crippen molar-refractivity contribution >= 4 is 29.3 Å². The van der Waals surface area contributed by atoms with Crippen molar-refractivity contribution in [3.63, 3.8) is 0 Å². The van der Waals surface area contributed by atoms with Gasteiger partial charge in [0.1, 0.15) is 11.7 Å². The minimum absolute atomic E-state index is 0.270. The van der Waals surface area contributed by atoms with Gasteiger partial charge in [0.05, 0.1) is 34.6 Å². The maximum absolute atomic E-state index is 12.5. The molecule has 2 amide bonds. The third kappa shape index (κ3) is 4.47. The molecule has 0 fully saturated rings. The van der Waals surface area contributed by atoms with Gasteiger partial charge in [0.2, 0.25) is 11.8 Å². The first-order valence-electron chi connectivity index (χ1n) is 8.80. The molecule has 0 aromatic heterocycles. The second-order valence-corrected chi connectivity index (χ2v) is 8.15. The minimum Gasteiger partial charge on any atom is -0.494 e. The number of anilines is 1. The number of hydrogen-bond acceptors (Lipinski definition) is 6. The molecule has 0 unspecified atom stereocenters. The summed E-state index contributed by atoms with van der Waals surface area (Å²) in [5.74, 6) is -0.980. The molecular weight excluding hydrogens is 376 g/mol. The number of nitriles is 2. The van der Waals surface area contributed by atoms with Crippen LogP contribution in [0.2, 0.25) is 0 Å². The number of rotatable bonds is 6. The summed E-state index contributed by atoms with van der Waals surface area (Å²) in [5, 5.41) is 24.0. The lowest BCUT2D eigenvalue weighted by atomic mass is 9.72. The third-order valence-corrected chi connectivity index (χ3v) is 5.54. The largest absolute Gasteiger partial charge is 0.494 e. The zero-order valence-corrected chi connectivity index (χ0v) is 17.0. The summed E-state index contributed by atoms with van der Waals surface area (Å²) >= 11 is 1.09. The quantitative estimate of drug-likeness (QED) is 0.760. The van der Waals surface area contributed by atoms with Crippen LogP contribution in [0.25, 0.3) is 0 Å². The molecule has 2 atom stereocenters. The summed E-state index contributed by atoms with van der Waals surface area (Å²) in [7, 11) is 0. The van der Waals surface area contributed by atoms with E-state index in [2.05, 4.69) is 16.7 Å². The third-order valence-electron chi connectivity index (χ3n) is 4.43. The van der Waals surface area contributed by atoms with Crippen LogP contribution in [0, 0.1) is 34.0 Å². The number of carbonyl (C=O) groups excluding carboxylic acids is 2. The number of benzene rings is 1. The maximum Gasteiger partial charge on any atom is 0.243 e. The highest BCUT2D eigenvalue weighted by atomic mass is 32.2.